The van der Waals surface area contributed by atoms with Crippen LogP contribution < -0.4 is 0 Å². The topological polar surface area (TPSA) is 49.9 Å². The number of aromatic nitrogens is 1. The Morgan fingerprint density at radius 2 is 2.06 bits per heavy atom. The van der Waals surface area contributed by atoms with Crippen LogP contribution in [0, 0.1) is 0 Å². The molecule has 1 aliphatic rings. The van der Waals surface area contributed by atoms with E-state index in [9.17, 15) is 8.42 Å². The van der Waals surface area contributed by atoms with E-state index in [1.807, 2.05) is 18.2 Å². The minimum Gasteiger partial charge on any atom is -0.360 e. The molecule has 1 heterocycles. The molecule has 3 rings (SSSR count). The summed E-state index contributed by atoms with van der Waals surface area (Å²) in [6.45, 7) is 0. The molecule has 0 radical (unpaired) electrons. The molecule has 3 nitrogen and oxygen atoms in total. The highest BCUT2D eigenvalue weighted by atomic mass is 35.7. The normalized spacial score (nSPS) is 16.8. The van der Waals surface area contributed by atoms with Crippen molar-refractivity contribution < 1.29 is 8.42 Å². The highest BCUT2D eigenvalue weighted by Crippen LogP contribution is 2.41. The van der Waals surface area contributed by atoms with E-state index in [2.05, 4.69) is 4.98 Å². The Bertz CT molecular complexity index is 656. The fourth-order valence-corrected chi connectivity index (χ4v) is 3.01. The van der Waals surface area contributed by atoms with Crippen molar-refractivity contribution in [3.05, 3.63) is 30.0 Å². The molecule has 0 unspecified atom stereocenters. The Hall–Kier alpha value is -1.00. The summed E-state index contributed by atoms with van der Waals surface area (Å²) >= 11 is 0. The van der Waals surface area contributed by atoms with Crippen LogP contribution in [-0.4, -0.2) is 13.4 Å². The summed E-state index contributed by atoms with van der Waals surface area (Å²) in [4.78, 5) is 3.11. The first-order chi connectivity index (χ1) is 7.55. The molecule has 1 aliphatic carbocycles. The molecule has 0 aliphatic heterocycles. The molecular formula is C11H10ClNO2S. The van der Waals surface area contributed by atoms with Gasteiger partial charge in [0.05, 0.1) is 0 Å². The van der Waals surface area contributed by atoms with E-state index in [1.54, 1.807) is 0 Å². The predicted molar refractivity (Wildman–Crippen MR) is 63.3 cm³/mol. The van der Waals surface area contributed by atoms with Gasteiger partial charge in [-0.3, -0.25) is 0 Å². The van der Waals surface area contributed by atoms with Gasteiger partial charge in [0.25, 0.3) is 9.05 Å². The summed E-state index contributed by atoms with van der Waals surface area (Å²) in [6, 6.07) is 5.83. The quantitative estimate of drug-likeness (QED) is 0.839. The largest absolute Gasteiger partial charge is 0.360 e. The number of H-pyrrole nitrogens is 1. The summed E-state index contributed by atoms with van der Waals surface area (Å²) in [5.41, 5.74) is 2.11. The summed E-state index contributed by atoms with van der Waals surface area (Å²) in [5.74, 6) is 0.656. The lowest BCUT2D eigenvalue weighted by Gasteiger charge is -1.98. The second kappa shape index (κ2) is 3.25. The van der Waals surface area contributed by atoms with Gasteiger partial charge in [-0.2, -0.15) is 0 Å². The molecule has 5 heteroatoms. The van der Waals surface area contributed by atoms with Gasteiger partial charge in [0.15, 0.2) is 0 Å². The highest BCUT2D eigenvalue weighted by Gasteiger charge is 2.24. The number of halogens is 1. The van der Waals surface area contributed by atoms with Crippen LogP contribution in [0.1, 0.15) is 24.3 Å². The number of nitrogens with one attached hydrogen (secondary N) is 1. The maximum atomic E-state index is 11.3. The van der Waals surface area contributed by atoms with Gasteiger partial charge in [0.2, 0.25) is 0 Å². The summed E-state index contributed by atoms with van der Waals surface area (Å²) in [6.07, 6.45) is 3.91. The van der Waals surface area contributed by atoms with Crippen LogP contribution >= 0.6 is 10.7 Å². The van der Waals surface area contributed by atoms with Crippen LogP contribution in [-0.2, 0) is 9.05 Å². The Balaban J connectivity index is 2.21. The van der Waals surface area contributed by atoms with Gasteiger partial charge in [-0.1, -0.05) is 12.1 Å². The first kappa shape index (κ1) is 10.2. The Morgan fingerprint density at radius 3 is 2.69 bits per heavy atom. The van der Waals surface area contributed by atoms with Crippen LogP contribution in [0.4, 0.5) is 0 Å². The van der Waals surface area contributed by atoms with Crippen molar-refractivity contribution in [1.29, 1.82) is 0 Å². The molecule has 1 aromatic heterocycles. The van der Waals surface area contributed by atoms with Gasteiger partial charge in [-0.25, -0.2) is 8.42 Å². The van der Waals surface area contributed by atoms with Crippen molar-refractivity contribution in [3.8, 4) is 0 Å². The molecule has 0 amide bonds. The number of hydrogen-bond donors (Lipinski definition) is 1. The average Bonchev–Trinajstić information content (AvgIpc) is 2.95. The average molecular weight is 256 g/mol. The molecule has 84 valence electrons. The smallest absolute Gasteiger partial charge is 0.263 e. The van der Waals surface area contributed by atoms with Crippen molar-refractivity contribution in [3.63, 3.8) is 0 Å². The van der Waals surface area contributed by atoms with Crippen molar-refractivity contribution in [2.75, 3.05) is 0 Å². The maximum absolute atomic E-state index is 11.3. The van der Waals surface area contributed by atoms with Crippen LogP contribution in [0.15, 0.2) is 29.3 Å². The number of aromatic amines is 1. The van der Waals surface area contributed by atoms with Gasteiger partial charge in [-0.15, -0.1) is 0 Å². The van der Waals surface area contributed by atoms with Crippen molar-refractivity contribution in [2.45, 2.75) is 23.7 Å². The molecule has 1 saturated carbocycles. The third-order valence-corrected chi connectivity index (χ3v) is 4.34. The van der Waals surface area contributed by atoms with Crippen LogP contribution in [0.3, 0.4) is 0 Å². The van der Waals surface area contributed by atoms with E-state index in [0.717, 1.165) is 5.52 Å². The Morgan fingerprint density at radius 1 is 1.31 bits per heavy atom. The molecule has 2 aromatic rings. The van der Waals surface area contributed by atoms with E-state index in [-0.39, 0.29) is 4.90 Å². The van der Waals surface area contributed by atoms with E-state index < -0.39 is 9.05 Å². The lowest BCUT2D eigenvalue weighted by Crippen LogP contribution is -1.88. The number of hydrogen-bond acceptors (Lipinski definition) is 2. The van der Waals surface area contributed by atoms with Crippen LogP contribution in [0.25, 0.3) is 10.9 Å². The number of benzene rings is 1. The highest BCUT2D eigenvalue weighted by molar-refractivity contribution is 8.14. The van der Waals surface area contributed by atoms with E-state index >= 15 is 0 Å². The molecule has 0 spiro atoms. The molecule has 0 bridgehead atoms. The summed E-state index contributed by atoms with van der Waals surface area (Å²) < 4.78 is 22.6. The lowest BCUT2D eigenvalue weighted by molar-refractivity contribution is 0.610. The summed E-state index contributed by atoms with van der Waals surface area (Å²) in [7, 11) is 1.68. The standard InChI is InChI=1S/C11H10ClNO2S/c12-16(14,15)11-6-13-10-5-8(7-1-2-7)3-4-9(10)11/h3-7,13H,1-2H2. The van der Waals surface area contributed by atoms with Crippen LogP contribution in [0.2, 0.25) is 0 Å². The summed E-state index contributed by atoms with van der Waals surface area (Å²) in [5, 5.41) is 0.666. The number of rotatable bonds is 2. The zero-order chi connectivity index (χ0) is 11.3. The first-order valence-corrected chi connectivity index (χ1v) is 7.42. The second-order valence-corrected chi connectivity index (χ2v) is 6.70. The van der Waals surface area contributed by atoms with Gasteiger partial charge < -0.3 is 4.98 Å². The monoisotopic (exact) mass is 255 g/mol. The molecule has 16 heavy (non-hydrogen) atoms. The molecule has 1 N–H and O–H groups in total. The third-order valence-electron chi connectivity index (χ3n) is 2.98. The molecule has 0 atom stereocenters. The van der Waals surface area contributed by atoms with Gasteiger partial charge in [0.1, 0.15) is 4.90 Å². The molecule has 1 aromatic carbocycles. The Labute approximate surface area is 97.8 Å². The second-order valence-electron chi connectivity index (χ2n) is 4.17. The SMILES string of the molecule is O=S(=O)(Cl)c1c[nH]c2cc(C3CC3)ccc12. The molecule has 0 saturated heterocycles. The van der Waals surface area contributed by atoms with Gasteiger partial charge >= 0.3 is 0 Å². The fourth-order valence-electron chi connectivity index (χ4n) is 1.99. The minimum absolute atomic E-state index is 0.159. The predicted octanol–water partition coefficient (Wildman–Crippen LogP) is 2.97. The third kappa shape index (κ3) is 1.62. The van der Waals surface area contributed by atoms with E-state index in [0.29, 0.717) is 11.3 Å². The van der Waals surface area contributed by atoms with E-state index in [4.69, 9.17) is 10.7 Å². The van der Waals surface area contributed by atoms with Crippen molar-refractivity contribution in [1.82, 2.24) is 4.98 Å². The van der Waals surface area contributed by atoms with Gasteiger partial charge in [-0.05, 0) is 30.4 Å². The lowest BCUT2D eigenvalue weighted by atomic mass is 10.1. The zero-order valence-corrected chi connectivity index (χ0v) is 9.98. The Kier molecular flexibility index (Phi) is 2.06. The fraction of sp³-hybridized carbons (Fsp3) is 0.273. The van der Waals surface area contributed by atoms with Crippen molar-refractivity contribution >= 4 is 30.6 Å². The molecular weight excluding hydrogens is 246 g/mol. The van der Waals surface area contributed by atoms with E-state index in [1.165, 1.54) is 24.6 Å². The zero-order valence-electron chi connectivity index (χ0n) is 8.40. The first-order valence-electron chi connectivity index (χ1n) is 5.11. The van der Waals surface area contributed by atoms with Gasteiger partial charge in [0, 0.05) is 27.8 Å². The molecule has 1 fully saturated rings. The van der Waals surface area contributed by atoms with Crippen molar-refractivity contribution in [2.24, 2.45) is 0 Å². The number of fused-ring (bicyclic) bond motifs is 1. The van der Waals surface area contributed by atoms with Crippen LogP contribution in [0.5, 0.6) is 0 Å². The minimum atomic E-state index is -3.66. The maximum Gasteiger partial charge on any atom is 0.263 e.